The molecule has 0 fully saturated rings. The highest BCUT2D eigenvalue weighted by Crippen LogP contribution is 2.39. The second kappa shape index (κ2) is 9.58. The molecule has 3 nitrogen and oxygen atoms in total. The molecule has 1 aliphatic rings. The molecule has 0 spiro atoms. The molecule has 1 unspecified atom stereocenters. The fourth-order valence-electron chi connectivity index (χ4n) is 3.61. The maximum absolute atomic E-state index is 11.3. The molecule has 0 bridgehead atoms. The van der Waals surface area contributed by atoms with E-state index in [2.05, 4.69) is 56.6 Å². The molecule has 2 aromatic carbocycles. The van der Waals surface area contributed by atoms with Gasteiger partial charge in [0, 0.05) is 11.3 Å². The van der Waals surface area contributed by atoms with Crippen molar-refractivity contribution in [1.29, 1.82) is 0 Å². The van der Waals surface area contributed by atoms with Gasteiger partial charge in [-0.3, -0.25) is 4.79 Å². The highest BCUT2D eigenvalue weighted by atomic mass is 16.3. The van der Waals surface area contributed by atoms with Gasteiger partial charge in [-0.2, -0.15) is 0 Å². The third kappa shape index (κ3) is 4.37. The highest BCUT2D eigenvalue weighted by Gasteiger charge is 2.20. The summed E-state index contributed by atoms with van der Waals surface area (Å²) in [5, 5.41) is 14.9. The highest BCUT2D eigenvalue weighted by molar-refractivity contribution is 6.01. The van der Waals surface area contributed by atoms with Crippen LogP contribution in [-0.2, 0) is 4.79 Å². The van der Waals surface area contributed by atoms with Crippen LogP contribution in [0.3, 0.4) is 0 Å². The molecule has 0 saturated carbocycles. The molecule has 0 aliphatic heterocycles. The molecule has 0 radical (unpaired) electrons. The van der Waals surface area contributed by atoms with Gasteiger partial charge in [-0.1, -0.05) is 49.4 Å². The van der Waals surface area contributed by atoms with Crippen LogP contribution in [0, 0.1) is 6.92 Å². The molecule has 3 rings (SSSR count). The topological polar surface area (TPSA) is 49.3 Å². The monoisotopic (exact) mass is 361 g/mol. The van der Waals surface area contributed by atoms with Crippen LogP contribution in [0.5, 0.6) is 0 Å². The van der Waals surface area contributed by atoms with Gasteiger partial charge in [0.2, 0.25) is 6.41 Å². The Morgan fingerprint density at radius 3 is 2.56 bits per heavy atom. The zero-order chi connectivity index (χ0) is 19.8. The van der Waals surface area contributed by atoms with Crippen LogP contribution in [0.2, 0.25) is 0 Å². The quantitative estimate of drug-likeness (QED) is 0.482. The van der Waals surface area contributed by atoms with Gasteiger partial charge < -0.3 is 10.4 Å². The zero-order valence-corrected chi connectivity index (χ0v) is 16.0. The fraction of sp³-hybridized carbons (Fsp3) is 0.208. The summed E-state index contributed by atoms with van der Waals surface area (Å²) in [7, 11) is 0. The van der Waals surface area contributed by atoms with Gasteiger partial charge in [-0.05, 0) is 54.0 Å². The number of anilines is 1. The first-order valence-corrected chi connectivity index (χ1v) is 9.15. The number of amides is 1. The molecule has 1 atom stereocenters. The minimum absolute atomic E-state index is 0.154. The smallest absolute Gasteiger partial charge is 0.211 e. The number of rotatable bonds is 5. The first-order valence-electron chi connectivity index (χ1n) is 9.15. The molecule has 1 amide bonds. The first kappa shape index (κ1) is 20.2. The Kier molecular flexibility index (Phi) is 7.18. The molecule has 3 heteroatoms. The number of allylic oxidation sites excluding steroid dienone is 5. The molecular formula is C24H27NO2. The molecule has 140 valence electrons. The number of aliphatic hydroxyl groups excluding tert-OH is 1. The van der Waals surface area contributed by atoms with E-state index < -0.39 is 0 Å². The molecule has 0 saturated heterocycles. The van der Waals surface area contributed by atoms with Crippen molar-refractivity contribution in [2.45, 2.75) is 32.6 Å². The molecule has 2 aromatic rings. The molecule has 0 aromatic heterocycles. The summed E-state index contributed by atoms with van der Waals surface area (Å²) in [6.07, 6.45) is 10.0. The van der Waals surface area contributed by atoms with E-state index in [0.29, 0.717) is 12.2 Å². The van der Waals surface area contributed by atoms with Gasteiger partial charge in [0.1, 0.15) is 5.76 Å². The summed E-state index contributed by atoms with van der Waals surface area (Å²) in [6.45, 7) is 10.3. The van der Waals surface area contributed by atoms with Crippen LogP contribution < -0.4 is 5.32 Å². The molecule has 1 aliphatic carbocycles. The lowest BCUT2D eigenvalue weighted by atomic mass is 9.84. The Morgan fingerprint density at radius 1 is 1.19 bits per heavy atom. The van der Waals surface area contributed by atoms with Crippen LogP contribution in [0.4, 0.5) is 5.69 Å². The Labute approximate surface area is 161 Å². The lowest BCUT2D eigenvalue weighted by Gasteiger charge is -2.23. The number of fused-ring (bicyclic) bond motifs is 1. The summed E-state index contributed by atoms with van der Waals surface area (Å²) < 4.78 is 0. The SMILES string of the molecule is C=C.CCC(C1=CCC=C(O)C=C1)c1cc(C)c2ccccc2c1NC=O. The van der Waals surface area contributed by atoms with Gasteiger partial charge in [0.05, 0.1) is 5.69 Å². The number of aryl methyl sites for hydroxylation is 1. The molecule has 2 N–H and O–H groups in total. The summed E-state index contributed by atoms with van der Waals surface area (Å²) >= 11 is 0. The molecule has 27 heavy (non-hydrogen) atoms. The van der Waals surface area contributed by atoms with Crippen LogP contribution in [-0.4, -0.2) is 11.5 Å². The van der Waals surface area contributed by atoms with E-state index >= 15 is 0 Å². The van der Waals surface area contributed by atoms with E-state index in [-0.39, 0.29) is 5.92 Å². The van der Waals surface area contributed by atoms with Crippen LogP contribution in [0.15, 0.2) is 79.1 Å². The number of aliphatic hydroxyl groups is 1. The van der Waals surface area contributed by atoms with Crippen LogP contribution >= 0.6 is 0 Å². The van der Waals surface area contributed by atoms with Crippen molar-refractivity contribution >= 4 is 22.9 Å². The van der Waals surface area contributed by atoms with Crippen molar-refractivity contribution in [2.24, 2.45) is 0 Å². The summed E-state index contributed by atoms with van der Waals surface area (Å²) in [5.74, 6) is 0.448. The number of carbonyl (C=O) groups is 1. The predicted octanol–water partition coefficient (Wildman–Crippen LogP) is 6.34. The van der Waals surface area contributed by atoms with Gasteiger partial charge in [-0.25, -0.2) is 0 Å². The maximum Gasteiger partial charge on any atom is 0.211 e. The van der Waals surface area contributed by atoms with E-state index in [1.165, 1.54) is 5.56 Å². The van der Waals surface area contributed by atoms with Crippen LogP contribution in [0.1, 0.15) is 36.8 Å². The van der Waals surface area contributed by atoms with Crippen molar-refractivity contribution in [3.05, 3.63) is 90.3 Å². The Hall–Kier alpha value is -3.07. The van der Waals surface area contributed by atoms with E-state index in [1.807, 2.05) is 18.2 Å². The molecular weight excluding hydrogens is 334 g/mol. The lowest BCUT2D eigenvalue weighted by Crippen LogP contribution is -2.07. The van der Waals surface area contributed by atoms with Gasteiger partial charge >= 0.3 is 0 Å². The predicted molar refractivity (Wildman–Crippen MR) is 115 cm³/mol. The summed E-state index contributed by atoms with van der Waals surface area (Å²) in [4.78, 5) is 11.3. The van der Waals surface area contributed by atoms with Crippen molar-refractivity contribution in [2.75, 3.05) is 5.32 Å². The Bertz CT molecular complexity index is 906. The summed E-state index contributed by atoms with van der Waals surface area (Å²) in [6, 6.07) is 10.3. The maximum atomic E-state index is 11.3. The Morgan fingerprint density at radius 2 is 1.89 bits per heavy atom. The minimum Gasteiger partial charge on any atom is -0.508 e. The van der Waals surface area contributed by atoms with E-state index in [1.54, 1.807) is 12.2 Å². The number of benzene rings is 2. The molecule has 0 heterocycles. The number of hydrogen-bond acceptors (Lipinski definition) is 2. The standard InChI is InChI=1S/C22H23NO2.C2H4/c1-3-18(16-7-6-8-17(25)12-11-16)21-13-15(2)19-9-4-5-10-20(19)22(21)23-14-24;1-2/h4-5,7-14,18,25H,3,6H2,1-2H3,(H,23,24);1-2H2. The van der Waals surface area contributed by atoms with Crippen LogP contribution in [0.25, 0.3) is 10.8 Å². The third-order valence-corrected chi connectivity index (χ3v) is 4.80. The van der Waals surface area contributed by atoms with Crippen molar-refractivity contribution in [3.63, 3.8) is 0 Å². The normalized spacial score (nSPS) is 14.3. The van der Waals surface area contributed by atoms with Gasteiger partial charge in [-0.15, -0.1) is 13.2 Å². The third-order valence-electron chi connectivity index (χ3n) is 4.80. The zero-order valence-electron chi connectivity index (χ0n) is 16.0. The fourth-order valence-corrected chi connectivity index (χ4v) is 3.61. The Balaban J connectivity index is 0.00000126. The van der Waals surface area contributed by atoms with E-state index in [4.69, 9.17) is 0 Å². The average Bonchev–Trinajstić information content (AvgIpc) is 2.92. The average molecular weight is 361 g/mol. The van der Waals surface area contributed by atoms with E-state index in [9.17, 15) is 9.90 Å². The number of nitrogens with one attached hydrogen (secondary N) is 1. The number of hydrogen-bond donors (Lipinski definition) is 2. The second-order valence-corrected chi connectivity index (χ2v) is 6.33. The number of carbonyl (C=O) groups excluding carboxylic acids is 1. The van der Waals surface area contributed by atoms with Gasteiger partial charge in [0.15, 0.2) is 0 Å². The first-order chi connectivity index (χ1) is 13.2. The largest absolute Gasteiger partial charge is 0.508 e. The van der Waals surface area contributed by atoms with Gasteiger partial charge in [0.25, 0.3) is 0 Å². The second-order valence-electron chi connectivity index (χ2n) is 6.33. The van der Waals surface area contributed by atoms with Crippen molar-refractivity contribution in [1.82, 2.24) is 0 Å². The minimum atomic E-state index is 0.154. The van der Waals surface area contributed by atoms with Crippen molar-refractivity contribution < 1.29 is 9.90 Å². The summed E-state index contributed by atoms with van der Waals surface area (Å²) in [5.41, 5.74) is 4.34. The van der Waals surface area contributed by atoms with Crippen molar-refractivity contribution in [3.8, 4) is 0 Å². The van der Waals surface area contributed by atoms with E-state index in [0.717, 1.165) is 40.4 Å². The lowest BCUT2D eigenvalue weighted by molar-refractivity contribution is -0.105.